The molecule has 0 aliphatic heterocycles. The van der Waals surface area contributed by atoms with Crippen molar-refractivity contribution in [3.63, 3.8) is 0 Å². The lowest BCUT2D eigenvalue weighted by molar-refractivity contribution is -0.137. The normalized spacial score (nSPS) is 20.3. The molecule has 1 aliphatic rings. The number of hydrogen-bond donors (Lipinski definition) is 1. The fourth-order valence-corrected chi connectivity index (χ4v) is 5.66. The Bertz CT molecular complexity index is 987. The smallest absolute Gasteiger partial charge is 0.310 e. The molecule has 0 heterocycles. The molecule has 3 nitrogen and oxygen atoms in total. The summed E-state index contributed by atoms with van der Waals surface area (Å²) in [5.41, 5.74) is -0.104. The molecule has 9 heteroatoms. The Morgan fingerprint density at radius 1 is 1.03 bits per heavy atom. The van der Waals surface area contributed by atoms with E-state index >= 15 is 0 Å². The molecule has 1 N–H and O–H groups in total. The molecule has 30 heavy (non-hydrogen) atoms. The van der Waals surface area contributed by atoms with Gasteiger partial charge in [0.05, 0.1) is 21.2 Å². The van der Waals surface area contributed by atoms with E-state index < -0.39 is 27.4 Å². The first kappa shape index (κ1) is 23.0. The molecule has 3 rings (SSSR count). The first-order valence-electron chi connectivity index (χ1n) is 9.62. The van der Waals surface area contributed by atoms with Crippen molar-refractivity contribution in [2.24, 2.45) is 5.92 Å². The van der Waals surface area contributed by atoms with Gasteiger partial charge in [0.2, 0.25) is 0 Å². The summed E-state index contributed by atoms with van der Waals surface area (Å²) in [4.78, 5) is -0.286. The summed E-state index contributed by atoms with van der Waals surface area (Å²) in [5.74, 6) is -0.722. The molecular formula is C21H22ClF4NO2S. The SMILES string of the molecule is O=S(=O)(CC1CCC(NCc2ccc(F)c(Cl)c2)CC1)c1cccc(C(F)(F)F)c1. The van der Waals surface area contributed by atoms with Crippen LogP contribution in [0.3, 0.4) is 0 Å². The van der Waals surface area contributed by atoms with E-state index in [1.165, 1.54) is 12.1 Å². The summed E-state index contributed by atoms with van der Waals surface area (Å²) in [6.45, 7) is 0.526. The van der Waals surface area contributed by atoms with Crippen molar-refractivity contribution in [2.75, 3.05) is 5.75 Å². The van der Waals surface area contributed by atoms with Crippen LogP contribution in [0.1, 0.15) is 36.8 Å². The number of nitrogens with one attached hydrogen (secondary N) is 1. The number of halogens is 5. The van der Waals surface area contributed by atoms with E-state index in [4.69, 9.17) is 11.6 Å². The third-order valence-electron chi connectivity index (χ3n) is 5.40. The van der Waals surface area contributed by atoms with Crippen LogP contribution in [0.25, 0.3) is 0 Å². The lowest BCUT2D eigenvalue weighted by atomic mass is 9.87. The van der Waals surface area contributed by atoms with Gasteiger partial charge in [-0.1, -0.05) is 23.7 Å². The first-order chi connectivity index (χ1) is 14.0. The maximum absolute atomic E-state index is 13.2. The predicted octanol–water partition coefficient (Wildman–Crippen LogP) is 5.62. The number of rotatable bonds is 6. The van der Waals surface area contributed by atoms with Gasteiger partial charge >= 0.3 is 6.18 Å². The highest BCUT2D eigenvalue weighted by Gasteiger charge is 2.32. The summed E-state index contributed by atoms with van der Waals surface area (Å²) in [6.07, 6.45) is -1.72. The monoisotopic (exact) mass is 463 g/mol. The van der Waals surface area contributed by atoms with Crippen LogP contribution in [-0.2, 0) is 22.6 Å². The van der Waals surface area contributed by atoms with Gasteiger partial charge < -0.3 is 5.32 Å². The minimum Gasteiger partial charge on any atom is -0.310 e. The molecule has 2 aromatic rings. The van der Waals surface area contributed by atoms with Gasteiger partial charge in [-0.05, 0) is 67.5 Å². The van der Waals surface area contributed by atoms with Crippen molar-refractivity contribution >= 4 is 21.4 Å². The van der Waals surface area contributed by atoms with Crippen molar-refractivity contribution < 1.29 is 26.0 Å². The average Bonchev–Trinajstić information content (AvgIpc) is 2.69. The Morgan fingerprint density at radius 2 is 1.73 bits per heavy atom. The van der Waals surface area contributed by atoms with E-state index in [1.54, 1.807) is 12.1 Å². The third-order valence-corrected chi connectivity index (χ3v) is 7.57. The Kier molecular flexibility index (Phi) is 7.09. The van der Waals surface area contributed by atoms with Crippen LogP contribution >= 0.6 is 11.6 Å². The summed E-state index contributed by atoms with van der Waals surface area (Å²) in [6, 6.07) is 8.64. The first-order valence-corrected chi connectivity index (χ1v) is 11.6. The van der Waals surface area contributed by atoms with Crippen molar-refractivity contribution in [1.82, 2.24) is 5.32 Å². The molecule has 0 atom stereocenters. The number of alkyl halides is 3. The van der Waals surface area contributed by atoms with Gasteiger partial charge in [-0.2, -0.15) is 13.2 Å². The fourth-order valence-electron chi connectivity index (χ4n) is 3.72. The second-order valence-electron chi connectivity index (χ2n) is 7.65. The van der Waals surface area contributed by atoms with Crippen LogP contribution in [0.4, 0.5) is 17.6 Å². The Labute approximate surface area is 178 Å². The van der Waals surface area contributed by atoms with Crippen molar-refractivity contribution in [3.8, 4) is 0 Å². The topological polar surface area (TPSA) is 46.2 Å². The van der Waals surface area contributed by atoms with Crippen LogP contribution in [0, 0.1) is 11.7 Å². The van der Waals surface area contributed by atoms with Gasteiger partial charge in [0.15, 0.2) is 9.84 Å². The quantitative estimate of drug-likeness (QED) is 0.565. The van der Waals surface area contributed by atoms with E-state index in [-0.39, 0.29) is 27.6 Å². The molecule has 1 fully saturated rings. The molecule has 1 aliphatic carbocycles. The molecular weight excluding hydrogens is 442 g/mol. The minimum atomic E-state index is -4.58. The van der Waals surface area contributed by atoms with E-state index in [9.17, 15) is 26.0 Å². The van der Waals surface area contributed by atoms with Gasteiger partial charge in [0.25, 0.3) is 0 Å². The molecule has 0 bridgehead atoms. The maximum Gasteiger partial charge on any atom is 0.416 e. The van der Waals surface area contributed by atoms with Crippen molar-refractivity contribution in [2.45, 2.75) is 49.3 Å². The van der Waals surface area contributed by atoms with Crippen molar-refractivity contribution in [1.29, 1.82) is 0 Å². The zero-order chi connectivity index (χ0) is 21.9. The maximum atomic E-state index is 13.2. The highest BCUT2D eigenvalue weighted by molar-refractivity contribution is 7.91. The summed E-state index contributed by atoms with van der Waals surface area (Å²) in [7, 11) is -3.79. The number of benzene rings is 2. The van der Waals surface area contributed by atoms with Crippen LogP contribution in [0.15, 0.2) is 47.4 Å². The average molecular weight is 464 g/mol. The van der Waals surface area contributed by atoms with Gasteiger partial charge in [-0.3, -0.25) is 0 Å². The lowest BCUT2D eigenvalue weighted by Crippen LogP contribution is -2.34. The number of sulfone groups is 1. The van der Waals surface area contributed by atoms with Crippen LogP contribution in [0.5, 0.6) is 0 Å². The largest absolute Gasteiger partial charge is 0.416 e. The van der Waals surface area contributed by atoms with Gasteiger partial charge in [-0.15, -0.1) is 0 Å². The molecule has 0 amide bonds. The van der Waals surface area contributed by atoms with Gasteiger partial charge in [0.1, 0.15) is 5.82 Å². The second kappa shape index (κ2) is 9.24. The number of hydrogen-bond acceptors (Lipinski definition) is 3. The standard InChI is InChI=1S/C21H22ClF4NO2S/c22-19-10-15(6-9-20(19)23)12-27-17-7-4-14(5-8-17)13-30(28,29)18-3-1-2-16(11-18)21(24,25)26/h1-3,6,9-11,14,17,27H,4-5,7-8,12-13H2. The van der Waals surface area contributed by atoms with Gasteiger partial charge in [0, 0.05) is 12.6 Å². The Morgan fingerprint density at radius 3 is 2.37 bits per heavy atom. The van der Waals surface area contributed by atoms with E-state index in [0.29, 0.717) is 25.5 Å². The van der Waals surface area contributed by atoms with E-state index in [0.717, 1.165) is 30.5 Å². The minimum absolute atomic E-state index is 0.0674. The fraction of sp³-hybridized carbons (Fsp3) is 0.429. The molecule has 2 aromatic carbocycles. The highest BCUT2D eigenvalue weighted by atomic mass is 35.5. The zero-order valence-corrected chi connectivity index (χ0v) is 17.6. The lowest BCUT2D eigenvalue weighted by Gasteiger charge is -2.29. The molecule has 0 saturated heterocycles. The van der Waals surface area contributed by atoms with E-state index in [1.807, 2.05) is 0 Å². The van der Waals surface area contributed by atoms with Crippen LogP contribution in [0.2, 0.25) is 5.02 Å². The molecule has 0 radical (unpaired) electrons. The van der Waals surface area contributed by atoms with Crippen molar-refractivity contribution in [3.05, 3.63) is 64.4 Å². The molecule has 164 valence electrons. The van der Waals surface area contributed by atoms with Crippen LogP contribution in [-0.4, -0.2) is 20.2 Å². The van der Waals surface area contributed by atoms with E-state index in [2.05, 4.69) is 5.32 Å². The predicted molar refractivity (Wildman–Crippen MR) is 107 cm³/mol. The molecule has 1 saturated carbocycles. The molecule has 0 spiro atoms. The third kappa shape index (κ3) is 5.95. The summed E-state index contributed by atoms with van der Waals surface area (Å²) >= 11 is 5.78. The Balaban J connectivity index is 1.53. The van der Waals surface area contributed by atoms with Gasteiger partial charge in [-0.25, -0.2) is 12.8 Å². The highest BCUT2D eigenvalue weighted by Crippen LogP contribution is 2.32. The molecule has 0 unspecified atom stereocenters. The Hall–Kier alpha value is -1.64. The molecule has 0 aromatic heterocycles. The second-order valence-corrected chi connectivity index (χ2v) is 10.1. The van der Waals surface area contributed by atoms with Crippen LogP contribution < -0.4 is 5.32 Å². The zero-order valence-electron chi connectivity index (χ0n) is 16.1. The summed E-state index contributed by atoms with van der Waals surface area (Å²) in [5, 5.41) is 3.44. The summed E-state index contributed by atoms with van der Waals surface area (Å²) < 4.78 is 77.0.